The molecule has 0 aromatic carbocycles. The Labute approximate surface area is 102 Å². The molecule has 6 nitrogen and oxygen atoms in total. The van der Waals surface area contributed by atoms with Gasteiger partial charge >= 0.3 is 12.0 Å². The Kier molecular flexibility index (Phi) is 5.95. The Hall–Kier alpha value is -1.30. The lowest BCUT2D eigenvalue weighted by molar-refractivity contribution is -0.138. The highest BCUT2D eigenvalue weighted by Crippen LogP contribution is 2.13. The van der Waals surface area contributed by atoms with Crippen LogP contribution in [0, 0.1) is 0 Å². The van der Waals surface area contributed by atoms with Gasteiger partial charge in [0, 0.05) is 12.6 Å². The minimum Gasteiger partial charge on any atom is -0.480 e. The van der Waals surface area contributed by atoms with Gasteiger partial charge in [-0.3, -0.25) is 4.79 Å². The summed E-state index contributed by atoms with van der Waals surface area (Å²) in [4.78, 5) is 23.9. The minimum absolute atomic E-state index is 0.161. The third kappa shape index (κ3) is 6.11. The molecule has 0 spiro atoms. The third-order valence-electron chi connectivity index (χ3n) is 2.13. The molecule has 6 heteroatoms. The van der Waals surface area contributed by atoms with Crippen LogP contribution in [0.25, 0.3) is 0 Å². The molecule has 0 aromatic rings. The molecule has 2 N–H and O–H groups in total. The maximum Gasteiger partial charge on any atom is 0.323 e. The van der Waals surface area contributed by atoms with E-state index < -0.39 is 17.5 Å². The second-order valence-corrected chi connectivity index (χ2v) is 4.96. The molecule has 0 aliphatic heterocycles. The molecule has 17 heavy (non-hydrogen) atoms. The summed E-state index contributed by atoms with van der Waals surface area (Å²) in [5, 5.41) is 11.5. The summed E-state index contributed by atoms with van der Waals surface area (Å²) in [6.45, 7) is 7.22. The van der Waals surface area contributed by atoms with Crippen molar-refractivity contribution in [3.05, 3.63) is 0 Å². The van der Waals surface area contributed by atoms with Gasteiger partial charge in [0.1, 0.15) is 6.54 Å². The molecule has 2 amide bonds. The standard InChI is InChI=1S/C11H22N2O4/c1-8(7-17-5)12-10(16)13(6-9(14)15)11(2,3)4/h8H,6-7H2,1-5H3,(H,12,16)(H,14,15). The number of urea groups is 1. The minimum atomic E-state index is -1.03. The summed E-state index contributed by atoms with van der Waals surface area (Å²) in [6, 6.07) is -0.560. The van der Waals surface area contributed by atoms with Crippen LogP contribution in [0.5, 0.6) is 0 Å². The largest absolute Gasteiger partial charge is 0.480 e. The summed E-state index contributed by atoms with van der Waals surface area (Å²) < 4.78 is 4.90. The summed E-state index contributed by atoms with van der Waals surface area (Å²) in [6.07, 6.45) is 0. The fourth-order valence-corrected chi connectivity index (χ4v) is 1.33. The number of nitrogens with zero attached hydrogens (tertiary/aromatic N) is 1. The monoisotopic (exact) mass is 246 g/mol. The van der Waals surface area contributed by atoms with Gasteiger partial charge < -0.3 is 20.1 Å². The molecule has 0 saturated carbocycles. The molecule has 0 aliphatic carbocycles. The average molecular weight is 246 g/mol. The highest BCUT2D eigenvalue weighted by Gasteiger charge is 2.28. The fourth-order valence-electron chi connectivity index (χ4n) is 1.33. The lowest BCUT2D eigenvalue weighted by Crippen LogP contribution is -2.54. The molecule has 1 unspecified atom stereocenters. The molecule has 0 radical (unpaired) electrons. The molecular weight excluding hydrogens is 224 g/mol. The fraction of sp³-hybridized carbons (Fsp3) is 0.818. The molecule has 100 valence electrons. The van der Waals surface area contributed by atoms with Crippen molar-refractivity contribution in [2.24, 2.45) is 0 Å². The molecule has 0 heterocycles. The second kappa shape index (κ2) is 6.44. The number of carbonyl (C=O) groups is 2. The summed E-state index contributed by atoms with van der Waals surface area (Å²) in [5.74, 6) is -1.03. The first-order valence-corrected chi connectivity index (χ1v) is 5.47. The topological polar surface area (TPSA) is 78.9 Å². The first kappa shape index (κ1) is 15.7. The van der Waals surface area contributed by atoms with Crippen LogP contribution >= 0.6 is 0 Å². The van der Waals surface area contributed by atoms with Crippen LogP contribution in [0.4, 0.5) is 4.79 Å². The predicted octanol–water partition coefficient (Wildman–Crippen LogP) is 0.916. The number of carbonyl (C=O) groups excluding carboxylic acids is 1. The van der Waals surface area contributed by atoms with Gasteiger partial charge in [-0.05, 0) is 27.7 Å². The van der Waals surface area contributed by atoms with Crippen LogP contribution in [0.3, 0.4) is 0 Å². The van der Waals surface area contributed by atoms with Crippen LogP contribution < -0.4 is 5.32 Å². The quantitative estimate of drug-likeness (QED) is 0.756. The number of methoxy groups -OCH3 is 1. The third-order valence-corrected chi connectivity index (χ3v) is 2.13. The smallest absolute Gasteiger partial charge is 0.323 e. The predicted molar refractivity (Wildman–Crippen MR) is 64.0 cm³/mol. The van der Waals surface area contributed by atoms with Gasteiger partial charge in [0.2, 0.25) is 0 Å². The van der Waals surface area contributed by atoms with Gasteiger partial charge in [-0.15, -0.1) is 0 Å². The van der Waals surface area contributed by atoms with E-state index in [1.807, 2.05) is 0 Å². The first-order valence-electron chi connectivity index (χ1n) is 5.47. The van der Waals surface area contributed by atoms with Crippen LogP contribution in [0.1, 0.15) is 27.7 Å². The number of hydrogen-bond donors (Lipinski definition) is 2. The van der Waals surface area contributed by atoms with E-state index in [9.17, 15) is 9.59 Å². The SMILES string of the molecule is COCC(C)NC(=O)N(CC(=O)O)C(C)(C)C. The molecule has 0 fully saturated rings. The summed E-state index contributed by atoms with van der Waals surface area (Å²) in [7, 11) is 1.54. The Balaban J connectivity index is 4.59. The molecule has 0 bridgehead atoms. The van der Waals surface area contributed by atoms with Crippen molar-refractivity contribution in [2.45, 2.75) is 39.3 Å². The molecule has 0 aliphatic rings. The van der Waals surface area contributed by atoms with Crippen LogP contribution in [0.2, 0.25) is 0 Å². The number of nitrogens with one attached hydrogen (secondary N) is 1. The van der Waals surface area contributed by atoms with Gasteiger partial charge in [-0.2, -0.15) is 0 Å². The van der Waals surface area contributed by atoms with Crippen molar-refractivity contribution in [3.8, 4) is 0 Å². The zero-order chi connectivity index (χ0) is 13.6. The van der Waals surface area contributed by atoms with Crippen LogP contribution in [-0.4, -0.2) is 53.8 Å². The lowest BCUT2D eigenvalue weighted by Gasteiger charge is -2.35. The highest BCUT2D eigenvalue weighted by molar-refractivity contribution is 5.80. The number of carboxylic acids is 1. The zero-order valence-electron chi connectivity index (χ0n) is 11.1. The van der Waals surface area contributed by atoms with E-state index >= 15 is 0 Å². The molecular formula is C11H22N2O4. The van der Waals surface area contributed by atoms with Gasteiger partial charge in [0.05, 0.1) is 12.6 Å². The number of aliphatic carboxylic acids is 1. The first-order chi connectivity index (χ1) is 7.68. The van der Waals surface area contributed by atoms with Gasteiger partial charge in [0.25, 0.3) is 0 Å². The van der Waals surface area contributed by atoms with Gasteiger partial charge in [-0.25, -0.2) is 4.79 Å². The number of rotatable bonds is 5. The lowest BCUT2D eigenvalue weighted by atomic mass is 10.1. The van der Waals surface area contributed by atoms with Crippen molar-refractivity contribution in [1.29, 1.82) is 0 Å². The summed E-state index contributed by atoms with van der Waals surface area (Å²) >= 11 is 0. The van der Waals surface area contributed by atoms with Crippen molar-refractivity contribution in [1.82, 2.24) is 10.2 Å². The summed E-state index contributed by atoms with van der Waals surface area (Å²) in [5.41, 5.74) is -0.546. The van der Waals surface area contributed by atoms with Crippen LogP contribution in [0.15, 0.2) is 0 Å². The maximum absolute atomic E-state index is 11.9. The molecule has 0 saturated heterocycles. The van der Waals surface area contributed by atoms with Crippen LogP contribution in [-0.2, 0) is 9.53 Å². The zero-order valence-corrected chi connectivity index (χ0v) is 11.1. The Morgan fingerprint density at radius 1 is 1.41 bits per heavy atom. The van der Waals surface area contributed by atoms with Crippen molar-refractivity contribution in [3.63, 3.8) is 0 Å². The van der Waals surface area contributed by atoms with Crippen molar-refractivity contribution >= 4 is 12.0 Å². The average Bonchev–Trinajstić information content (AvgIpc) is 2.12. The Morgan fingerprint density at radius 3 is 2.29 bits per heavy atom. The van der Waals surface area contributed by atoms with E-state index in [0.717, 1.165) is 0 Å². The van der Waals surface area contributed by atoms with E-state index in [-0.39, 0.29) is 12.6 Å². The number of hydrogen-bond acceptors (Lipinski definition) is 3. The van der Waals surface area contributed by atoms with Crippen molar-refractivity contribution < 1.29 is 19.4 Å². The molecule has 0 aromatic heterocycles. The molecule has 0 rings (SSSR count). The van der Waals surface area contributed by atoms with Crippen molar-refractivity contribution in [2.75, 3.05) is 20.3 Å². The normalized spacial score (nSPS) is 13.0. The number of carboxylic acid groups (broad SMARTS) is 1. The van der Waals surface area contributed by atoms with Gasteiger partial charge in [-0.1, -0.05) is 0 Å². The molecule has 1 atom stereocenters. The van der Waals surface area contributed by atoms with E-state index in [4.69, 9.17) is 9.84 Å². The van der Waals surface area contributed by atoms with Gasteiger partial charge in [0.15, 0.2) is 0 Å². The number of amides is 2. The van der Waals surface area contributed by atoms with E-state index in [1.54, 1.807) is 34.8 Å². The Bertz CT molecular complexity index is 273. The Morgan fingerprint density at radius 2 is 1.94 bits per heavy atom. The maximum atomic E-state index is 11.9. The number of ether oxygens (including phenoxy) is 1. The van der Waals surface area contributed by atoms with E-state index in [0.29, 0.717) is 6.61 Å². The van der Waals surface area contributed by atoms with E-state index in [1.165, 1.54) is 4.90 Å². The van der Waals surface area contributed by atoms with E-state index in [2.05, 4.69) is 5.32 Å². The highest BCUT2D eigenvalue weighted by atomic mass is 16.5. The second-order valence-electron chi connectivity index (χ2n) is 4.96.